The van der Waals surface area contributed by atoms with Gasteiger partial charge in [-0.25, -0.2) is 9.78 Å². The van der Waals surface area contributed by atoms with E-state index < -0.39 is 0 Å². The number of carbonyl (C=O) groups excluding carboxylic acids is 1. The summed E-state index contributed by atoms with van der Waals surface area (Å²) < 4.78 is 0. The van der Waals surface area contributed by atoms with Crippen molar-refractivity contribution in [2.45, 2.75) is 26.2 Å². The normalized spacial score (nSPS) is 10.8. The highest BCUT2D eigenvalue weighted by Crippen LogP contribution is 2.16. The summed E-state index contributed by atoms with van der Waals surface area (Å²) in [5.74, 6) is 0.970. The highest BCUT2D eigenvalue weighted by Gasteiger charge is 2.06. The van der Waals surface area contributed by atoms with Gasteiger partial charge in [-0.1, -0.05) is 43.3 Å². The number of fused-ring (bicyclic) bond motifs is 1. The van der Waals surface area contributed by atoms with Crippen molar-refractivity contribution in [2.75, 3.05) is 10.6 Å². The Balaban J connectivity index is 1.35. The summed E-state index contributed by atoms with van der Waals surface area (Å²) in [5, 5.41) is 5.77. The van der Waals surface area contributed by atoms with Crippen molar-refractivity contribution in [3.8, 4) is 0 Å². The van der Waals surface area contributed by atoms with Gasteiger partial charge in [0.2, 0.25) is 0 Å². The molecule has 0 aliphatic rings. The lowest BCUT2D eigenvalue weighted by Crippen LogP contribution is -2.19. The number of anilines is 2. The standard InChI is InChI=1S/C24H24N4O/c1-2-17-10-13-19(14-11-17)25-24(29)26-20-7-5-6-18(16-20)12-15-23-27-21-8-3-4-9-22(21)28-23/h3-11,13-14,16H,2,12,15H2,1H3,(H,27,28)(H2,25,26,29). The molecule has 0 aliphatic carbocycles. The molecule has 3 N–H and O–H groups in total. The molecule has 0 aliphatic heterocycles. The smallest absolute Gasteiger partial charge is 0.323 e. The summed E-state index contributed by atoms with van der Waals surface area (Å²) in [4.78, 5) is 20.3. The zero-order valence-electron chi connectivity index (χ0n) is 16.4. The second-order valence-electron chi connectivity index (χ2n) is 7.03. The maximum Gasteiger partial charge on any atom is 0.323 e. The van der Waals surface area contributed by atoms with Crippen LogP contribution in [0, 0.1) is 0 Å². The summed E-state index contributed by atoms with van der Waals surface area (Å²) in [7, 11) is 0. The lowest BCUT2D eigenvalue weighted by Gasteiger charge is -2.09. The van der Waals surface area contributed by atoms with E-state index in [0.717, 1.165) is 53.1 Å². The van der Waals surface area contributed by atoms with Gasteiger partial charge in [-0.3, -0.25) is 0 Å². The van der Waals surface area contributed by atoms with E-state index in [4.69, 9.17) is 0 Å². The van der Waals surface area contributed by atoms with E-state index in [1.54, 1.807) is 0 Å². The van der Waals surface area contributed by atoms with Crippen LogP contribution in [-0.4, -0.2) is 16.0 Å². The molecule has 2 amide bonds. The minimum Gasteiger partial charge on any atom is -0.342 e. The van der Waals surface area contributed by atoms with Crippen LogP contribution in [0.4, 0.5) is 16.2 Å². The molecule has 0 saturated carbocycles. The van der Waals surface area contributed by atoms with Crippen LogP contribution in [0.3, 0.4) is 0 Å². The van der Waals surface area contributed by atoms with Gasteiger partial charge >= 0.3 is 6.03 Å². The Kier molecular flexibility index (Phi) is 5.56. The lowest BCUT2D eigenvalue weighted by molar-refractivity contribution is 0.262. The summed E-state index contributed by atoms with van der Waals surface area (Å²) in [6, 6.07) is 23.6. The predicted molar refractivity (Wildman–Crippen MR) is 118 cm³/mol. The number of aromatic nitrogens is 2. The first-order valence-electron chi connectivity index (χ1n) is 9.89. The fourth-order valence-electron chi connectivity index (χ4n) is 3.31. The number of aromatic amines is 1. The Bertz CT molecular complexity index is 1080. The minimum atomic E-state index is -0.247. The number of imidazole rings is 1. The van der Waals surface area contributed by atoms with Crippen molar-refractivity contribution in [2.24, 2.45) is 0 Å². The molecule has 4 aromatic rings. The number of aryl methyl sites for hydroxylation is 3. The molecule has 5 nitrogen and oxygen atoms in total. The topological polar surface area (TPSA) is 69.8 Å². The van der Waals surface area contributed by atoms with Crippen molar-refractivity contribution in [1.82, 2.24) is 9.97 Å². The zero-order valence-corrected chi connectivity index (χ0v) is 16.4. The van der Waals surface area contributed by atoms with Gasteiger partial charge in [-0.05, 0) is 60.4 Å². The summed E-state index contributed by atoms with van der Waals surface area (Å²) in [5.41, 5.74) is 5.99. The van der Waals surface area contributed by atoms with Crippen molar-refractivity contribution in [3.63, 3.8) is 0 Å². The van der Waals surface area contributed by atoms with Crippen LogP contribution in [0.15, 0.2) is 72.8 Å². The van der Waals surface area contributed by atoms with E-state index in [1.807, 2.05) is 66.7 Å². The highest BCUT2D eigenvalue weighted by atomic mass is 16.2. The molecular formula is C24H24N4O. The van der Waals surface area contributed by atoms with Gasteiger partial charge in [-0.2, -0.15) is 0 Å². The molecule has 0 saturated heterocycles. The first-order chi connectivity index (χ1) is 14.2. The molecule has 0 radical (unpaired) electrons. The van der Waals surface area contributed by atoms with Gasteiger partial charge in [0.1, 0.15) is 5.82 Å². The number of urea groups is 1. The quantitative estimate of drug-likeness (QED) is 0.408. The van der Waals surface area contributed by atoms with Gasteiger partial charge in [0.25, 0.3) is 0 Å². The number of nitrogens with one attached hydrogen (secondary N) is 3. The average molecular weight is 384 g/mol. The van der Waals surface area contributed by atoms with Gasteiger partial charge in [0.15, 0.2) is 0 Å². The Morgan fingerprint density at radius 3 is 2.45 bits per heavy atom. The molecule has 3 aromatic carbocycles. The van der Waals surface area contributed by atoms with Gasteiger partial charge in [0.05, 0.1) is 11.0 Å². The van der Waals surface area contributed by atoms with Gasteiger partial charge in [-0.15, -0.1) is 0 Å². The number of para-hydroxylation sites is 2. The van der Waals surface area contributed by atoms with Crippen LogP contribution < -0.4 is 10.6 Å². The van der Waals surface area contributed by atoms with Gasteiger partial charge < -0.3 is 15.6 Å². The molecule has 0 spiro atoms. The Hall–Kier alpha value is -3.60. The maximum absolute atomic E-state index is 12.3. The second kappa shape index (κ2) is 8.61. The number of hydrogen-bond acceptors (Lipinski definition) is 2. The number of benzene rings is 3. The second-order valence-corrected chi connectivity index (χ2v) is 7.03. The van der Waals surface area contributed by atoms with Crippen LogP contribution in [0.25, 0.3) is 11.0 Å². The fraction of sp³-hybridized carbons (Fsp3) is 0.167. The van der Waals surface area contributed by atoms with E-state index >= 15 is 0 Å². The van der Waals surface area contributed by atoms with Gasteiger partial charge in [0, 0.05) is 17.8 Å². The Morgan fingerprint density at radius 2 is 1.66 bits per heavy atom. The van der Waals surface area contributed by atoms with E-state index in [0.29, 0.717) is 0 Å². The third kappa shape index (κ3) is 4.82. The van der Waals surface area contributed by atoms with E-state index in [-0.39, 0.29) is 6.03 Å². The van der Waals surface area contributed by atoms with Crippen LogP contribution in [0.5, 0.6) is 0 Å². The highest BCUT2D eigenvalue weighted by molar-refractivity contribution is 5.99. The van der Waals surface area contributed by atoms with E-state index in [1.165, 1.54) is 5.56 Å². The average Bonchev–Trinajstić information content (AvgIpc) is 3.16. The van der Waals surface area contributed by atoms with Crippen molar-refractivity contribution < 1.29 is 4.79 Å². The third-order valence-corrected chi connectivity index (χ3v) is 4.89. The molecule has 0 fully saturated rings. The number of nitrogens with zero attached hydrogens (tertiary/aromatic N) is 1. The molecule has 5 heteroatoms. The first-order valence-corrected chi connectivity index (χ1v) is 9.89. The molecule has 1 heterocycles. The molecule has 0 unspecified atom stereocenters. The first kappa shape index (κ1) is 18.7. The monoisotopic (exact) mass is 384 g/mol. The number of amides is 2. The van der Waals surface area contributed by atoms with Crippen molar-refractivity contribution in [1.29, 1.82) is 0 Å². The lowest BCUT2D eigenvalue weighted by atomic mass is 10.1. The molecule has 0 atom stereocenters. The Morgan fingerprint density at radius 1 is 0.862 bits per heavy atom. The van der Waals surface area contributed by atoms with E-state index in [9.17, 15) is 4.79 Å². The molecule has 0 bridgehead atoms. The third-order valence-electron chi connectivity index (χ3n) is 4.89. The van der Waals surface area contributed by atoms with Crippen LogP contribution in [-0.2, 0) is 19.3 Å². The number of hydrogen-bond donors (Lipinski definition) is 3. The summed E-state index contributed by atoms with van der Waals surface area (Å²) >= 11 is 0. The fourth-order valence-corrected chi connectivity index (χ4v) is 3.31. The van der Waals surface area contributed by atoms with Crippen LogP contribution in [0.2, 0.25) is 0 Å². The molecular weight excluding hydrogens is 360 g/mol. The van der Waals surface area contributed by atoms with E-state index in [2.05, 4.69) is 33.6 Å². The summed E-state index contributed by atoms with van der Waals surface area (Å²) in [6.07, 6.45) is 2.64. The molecule has 4 rings (SSSR count). The summed E-state index contributed by atoms with van der Waals surface area (Å²) in [6.45, 7) is 2.11. The predicted octanol–water partition coefficient (Wildman–Crippen LogP) is 5.55. The maximum atomic E-state index is 12.3. The number of carbonyl (C=O) groups is 1. The SMILES string of the molecule is CCc1ccc(NC(=O)Nc2cccc(CCc3nc4ccccc4[nH]3)c2)cc1. The van der Waals surface area contributed by atoms with Crippen LogP contribution in [0.1, 0.15) is 23.9 Å². The molecule has 146 valence electrons. The van der Waals surface area contributed by atoms with Crippen molar-refractivity contribution in [3.05, 3.63) is 89.7 Å². The number of rotatable bonds is 6. The Labute approximate surface area is 170 Å². The zero-order chi connectivity index (χ0) is 20.1. The molecule has 29 heavy (non-hydrogen) atoms. The van der Waals surface area contributed by atoms with Crippen molar-refractivity contribution >= 4 is 28.4 Å². The minimum absolute atomic E-state index is 0.247. The molecule has 1 aromatic heterocycles. The number of H-pyrrole nitrogens is 1. The largest absolute Gasteiger partial charge is 0.342 e. The van der Waals surface area contributed by atoms with Crippen LogP contribution >= 0.6 is 0 Å².